The van der Waals surface area contributed by atoms with Gasteiger partial charge in [0.1, 0.15) is 11.8 Å². The normalized spacial score (nSPS) is 18.6. The lowest BCUT2D eigenvalue weighted by molar-refractivity contribution is -0.387. The van der Waals surface area contributed by atoms with Crippen molar-refractivity contribution in [2.75, 3.05) is 12.4 Å². The Bertz CT molecular complexity index is 1120. The second kappa shape index (κ2) is 8.80. The number of fused-ring (bicyclic) bond motifs is 1. The maximum atomic E-state index is 11.7. The van der Waals surface area contributed by atoms with Gasteiger partial charge in [0.15, 0.2) is 4.34 Å². The van der Waals surface area contributed by atoms with Crippen LogP contribution in [-0.2, 0) is 4.79 Å². The average Bonchev–Trinajstić information content (AvgIpc) is 3.35. The number of benzene rings is 2. The Balaban J connectivity index is 1.59. The van der Waals surface area contributed by atoms with E-state index < -0.39 is 16.9 Å². The molecule has 0 spiro atoms. The first-order valence-corrected chi connectivity index (χ1v) is 11.7. The summed E-state index contributed by atoms with van der Waals surface area (Å²) in [5.74, 6) is 0.261. The highest BCUT2D eigenvalue weighted by molar-refractivity contribution is 8.01. The topological polar surface area (TPSA) is 115 Å². The highest BCUT2D eigenvalue weighted by Gasteiger charge is 2.31. The molecule has 0 bridgehead atoms. The Labute approximate surface area is 184 Å². The minimum absolute atomic E-state index is 0.0204. The number of thiazole rings is 1. The molecule has 1 aliphatic rings. The first kappa shape index (κ1) is 20.9. The van der Waals surface area contributed by atoms with Crippen molar-refractivity contribution in [2.24, 2.45) is 0 Å². The lowest BCUT2D eigenvalue weighted by Crippen LogP contribution is -2.33. The van der Waals surface area contributed by atoms with Gasteiger partial charge in [-0.25, -0.2) is 4.98 Å². The molecule has 156 valence electrons. The number of carboxylic acid groups (broad SMARTS) is 1. The molecule has 4 rings (SSSR count). The number of hydrogen-bond acceptors (Lipinski definition) is 9. The molecule has 0 radical (unpaired) electrons. The summed E-state index contributed by atoms with van der Waals surface area (Å²) in [7, 11) is 0. The summed E-state index contributed by atoms with van der Waals surface area (Å²) in [5.41, 5.74) is 1.48. The fourth-order valence-corrected chi connectivity index (χ4v) is 6.37. The SMILES string of the molecule is CCOc1ccc2nc(Sc3ccc([C@H]4N[C@@H](C(=O)O)CS4)cc3[N+](=O)[O-])sc2c1. The number of ether oxygens (including phenoxy) is 1. The van der Waals surface area contributed by atoms with Crippen molar-refractivity contribution in [1.29, 1.82) is 0 Å². The molecule has 8 nitrogen and oxygen atoms in total. The minimum atomic E-state index is -0.921. The highest BCUT2D eigenvalue weighted by atomic mass is 32.2. The zero-order valence-electron chi connectivity index (χ0n) is 15.7. The number of nitrogens with one attached hydrogen (secondary N) is 1. The molecular formula is C19H17N3O5S3. The summed E-state index contributed by atoms with van der Waals surface area (Å²) in [6.07, 6.45) is 0. The fraction of sp³-hybridized carbons (Fsp3) is 0.263. The Morgan fingerprint density at radius 1 is 1.40 bits per heavy atom. The molecule has 1 saturated heterocycles. The van der Waals surface area contributed by atoms with Crippen LogP contribution in [0.15, 0.2) is 45.6 Å². The first-order valence-electron chi connectivity index (χ1n) is 9.04. The average molecular weight is 464 g/mol. The molecule has 0 aliphatic carbocycles. The van der Waals surface area contributed by atoms with Crippen LogP contribution < -0.4 is 10.1 Å². The number of aliphatic carboxylic acids is 1. The van der Waals surface area contributed by atoms with Crippen LogP contribution in [0.1, 0.15) is 17.9 Å². The van der Waals surface area contributed by atoms with E-state index in [1.54, 1.807) is 12.1 Å². The quantitative estimate of drug-likeness (QED) is 0.385. The maximum absolute atomic E-state index is 11.7. The predicted molar refractivity (Wildman–Crippen MR) is 118 cm³/mol. The van der Waals surface area contributed by atoms with Crippen LogP contribution >= 0.6 is 34.9 Å². The lowest BCUT2D eigenvalue weighted by Gasteiger charge is -2.12. The van der Waals surface area contributed by atoms with Crippen LogP contribution in [0.25, 0.3) is 10.2 Å². The van der Waals surface area contributed by atoms with Crippen molar-refractivity contribution in [3.8, 4) is 5.75 Å². The van der Waals surface area contributed by atoms with Crippen LogP contribution in [0, 0.1) is 10.1 Å². The zero-order chi connectivity index (χ0) is 21.3. The van der Waals surface area contributed by atoms with E-state index in [0.717, 1.165) is 16.0 Å². The number of nitro groups is 1. The molecule has 1 aromatic heterocycles. The van der Waals surface area contributed by atoms with Gasteiger partial charge in [-0.3, -0.25) is 20.2 Å². The molecule has 3 aromatic rings. The third-order valence-electron chi connectivity index (χ3n) is 4.41. The van der Waals surface area contributed by atoms with Gasteiger partial charge in [0.2, 0.25) is 0 Å². The monoisotopic (exact) mass is 463 g/mol. The minimum Gasteiger partial charge on any atom is -0.494 e. The number of thioether (sulfide) groups is 1. The standard InChI is InChI=1S/C19H17N3O5S3/c1-2-27-11-4-5-12-16(8-11)30-19(21-12)29-15-6-3-10(7-14(15)22(25)26)17-20-13(9-28-17)18(23)24/h3-8,13,17,20H,2,9H2,1H3,(H,23,24)/t13-,17+/m1/s1. The van der Waals surface area contributed by atoms with Gasteiger partial charge in [-0.15, -0.1) is 23.1 Å². The van der Waals surface area contributed by atoms with Gasteiger partial charge < -0.3 is 9.84 Å². The van der Waals surface area contributed by atoms with Gasteiger partial charge in [0, 0.05) is 11.8 Å². The van der Waals surface area contributed by atoms with Gasteiger partial charge in [0.25, 0.3) is 5.69 Å². The maximum Gasteiger partial charge on any atom is 0.321 e. The Kier molecular flexibility index (Phi) is 6.14. The number of nitro benzene ring substituents is 1. The molecule has 0 saturated carbocycles. The predicted octanol–water partition coefficient (Wildman–Crippen LogP) is 4.54. The van der Waals surface area contributed by atoms with E-state index >= 15 is 0 Å². The number of aromatic nitrogens is 1. The van der Waals surface area contributed by atoms with Crippen molar-refractivity contribution in [3.63, 3.8) is 0 Å². The van der Waals surface area contributed by atoms with Crippen molar-refractivity contribution < 1.29 is 19.6 Å². The second-order valence-corrected chi connectivity index (χ2v) is 9.86. The van der Waals surface area contributed by atoms with Crippen molar-refractivity contribution in [1.82, 2.24) is 10.3 Å². The number of nitrogens with zero attached hydrogens (tertiary/aromatic N) is 2. The second-order valence-electron chi connectivity index (χ2n) is 6.40. The fourth-order valence-electron chi connectivity index (χ4n) is 3.01. The number of carboxylic acids is 1. The van der Waals surface area contributed by atoms with Crippen LogP contribution in [0.3, 0.4) is 0 Å². The van der Waals surface area contributed by atoms with E-state index in [2.05, 4.69) is 10.3 Å². The highest BCUT2D eigenvalue weighted by Crippen LogP contribution is 2.42. The van der Waals surface area contributed by atoms with E-state index in [-0.39, 0.29) is 11.1 Å². The third kappa shape index (κ3) is 4.38. The third-order valence-corrected chi connectivity index (χ3v) is 7.82. The van der Waals surface area contributed by atoms with Gasteiger partial charge in [-0.2, -0.15) is 0 Å². The van der Waals surface area contributed by atoms with E-state index in [9.17, 15) is 14.9 Å². The molecule has 1 fully saturated rings. The molecule has 0 amide bonds. The number of carbonyl (C=O) groups is 1. The molecular weight excluding hydrogens is 446 g/mol. The molecule has 30 heavy (non-hydrogen) atoms. The molecule has 2 atom stereocenters. The Morgan fingerprint density at radius 3 is 2.93 bits per heavy atom. The summed E-state index contributed by atoms with van der Waals surface area (Å²) in [6, 6.07) is 10.0. The van der Waals surface area contributed by atoms with Crippen LogP contribution in [0.4, 0.5) is 5.69 Å². The molecule has 0 unspecified atom stereocenters. The van der Waals surface area contributed by atoms with Crippen LogP contribution in [0.5, 0.6) is 5.75 Å². The summed E-state index contributed by atoms with van der Waals surface area (Å²) < 4.78 is 7.17. The van der Waals surface area contributed by atoms with E-state index in [0.29, 0.717) is 27.2 Å². The summed E-state index contributed by atoms with van der Waals surface area (Å²) in [5, 5.41) is 23.5. The van der Waals surface area contributed by atoms with E-state index in [4.69, 9.17) is 9.84 Å². The van der Waals surface area contributed by atoms with Gasteiger partial charge in [0.05, 0.1) is 32.0 Å². The molecule has 2 heterocycles. The number of rotatable bonds is 7. The first-order chi connectivity index (χ1) is 14.4. The van der Waals surface area contributed by atoms with Gasteiger partial charge >= 0.3 is 5.97 Å². The zero-order valence-corrected chi connectivity index (χ0v) is 18.2. The van der Waals surface area contributed by atoms with Gasteiger partial charge in [-0.1, -0.05) is 17.8 Å². The van der Waals surface area contributed by atoms with Crippen molar-refractivity contribution in [3.05, 3.63) is 52.1 Å². The summed E-state index contributed by atoms with van der Waals surface area (Å²) in [6.45, 7) is 2.49. The summed E-state index contributed by atoms with van der Waals surface area (Å²) >= 11 is 4.13. The molecule has 2 aromatic carbocycles. The Hall–Kier alpha value is -2.34. The van der Waals surface area contributed by atoms with E-state index in [1.165, 1.54) is 40.9 Å². The molecule has 1 aliphatic heterocycles. The van der Waals surface area contributed by atoms with Crippen LogP contribution in [-0.4, -0.2) is 39.4 Å². The Morgan fingerprint density at radius 2 is 2.23 bits per heavy atom. The van der Waals surface area contributed by atoms with Crippen LogP contribution in [0.2, 0.25) is 0 Å². The van der Waals surface area contributed by atoms with Crippen molar-refractivity contribution >= 4 is 56.7 Å². The smallest absolute Gasteiger partial charge is 0.321 e. The number of hydrogen-bond donors (Lipinski definition) is 2. The van der Waals surface area contributed by atoms with Gasteiger partial charge in [-0.05, 0) is 36.8 Å². The molecule has 2 N–H and O–H groups in total. The largest absolute Gasteiger partial charge is 0.494 e. The van der Waals surface area contributed by atoms with Crippen molar-refractivity contribution in [2.45, 2.75) is 27.6 Å². The molecule has 11 heteroatoms. The lowest BCUT2D eigenvalue weighted by atomic mass is 10.2. The summed E-state index contributed by atoms with van der Waals surface area (Å²) in [4.78, 5) is 27.5. The van der Waals surface area contributed by atoms with E-state index in [1.807, 2.05) is 25.1 Å².